The molecule has 0 radical (unpaired) electrons. The fraction of sp³-hybridized carbons (Fsp3) is 0.394. The molecule has 10 heteroatoms. The van der Waals surface area contributed by atoms with Crippen molar-refractivity contribution < 1.29 is 14.3 Å². The standard InChI is InChI=1S/C33H41N7O3/c1-23-19-40(22-36-23)29-16-28(21-39-14-6-7-26(20-39)38-32(41)43-33(2,3)4)37-31(17-29)35-18-27-15-25(12-13-34-27)24-8-10-30(42-5)11-9-24/h8-13,15-17,19,22,26H,6-7,14,18,20-21H2,1-5H3,(H,35,37)(H,38,41)/t26-/m0/s1. The predicted octanol–water partition coefficient (Wildman–Crippen LogP) is 5.75. The Bertz CT molecular complexity index is 1530. The second-order valence-electron chi connectivity index (χ2n) is 12.0. The fourth-order valence-corrected chi connectivity index (χ4v) is 5.19. The number of anilines is 1. The SMILES string of the molecule is COc1ccc(-c2ccnc(CNc3cc(-n4cnc(C)c4)cc(CN4CCC[C@H](NC(=O)OC(C)(C)C)C4)n3)c2)cc1. The maximum Gasteiger partial charge on any atom is 0.407 e. The van der Waals surface area contributed by atoms with Crippen LogP contribution >= 0.6 is 0 Å². The van der Waals surface area contributed by atoms with Gasteiger partial charge < -0.3 is 24.7 Å². The first kappa shape index (κ1) is 30.0. The number of likely N-dealkylation sites (tertiary alicyclic amines) is 1. The number of alkyl carbamates (subject to hydrolysis) is 1. The van der Waals surface area contributed by atoms with Gasteiger partial charge in [-0.05, 0) is 88.5 Å². The number of piperidine rings is 1. The highest BCUT2D eigenvalue weighted by atomic mass is 16.6. The van der Waals surface area contributed by atoms with E-state index in [1.54, 1.807) is 7.11 Å². The summed E-state index contributed by atoms with van der Waals surface area (Å²) in [4.78, 5) is 28.7. The molecular formula is C33H41N7O3. The number of ether oxygens (including phenoxy) is 2. The third-order valence-corrected chi connectivity index (χ3v) is 7.18. The molecular weight excluding hydrogens is 542 g/mol. The van der Waals surface area contributed by atoms with Gasteiger partial charge in [0.25, 0.3) is 0 Å². The number of hydrogen-bond acceptors (Lipinski definition) is 8. The number of hydrogen-bond donors (Lipinski definition) is 2. The number of pyridine rings is 2. The molecule has 1 amide bonds. The molecule has 1 aromatic carbocycles. The number of carbonyl (C=O) groups excluding carboxylic acids is 1. The summed E-state index contributed by atoms with van der Waals surface area (Å²) in [6, 6.07) is 16.3. The van der Waals surface area contributed by atoms with Crippen molar-refractivity contribution in [1.29, 1.82) is 0 Å². The molecule has 4 aromatic rings. The van der Waals surface area contributed by atoms with Crippen LogP contribution in [-0.2, 0) is 17.8 Å². The third kappa shape index (κ3) is 8.54. The number of carbonyl (C=O) groups is 1. The second kappa shape index (κ2) is 13.2. The lowest BCUT2D eigenvalue weighted by molar-refractivity contribution is 0.0470. The minimum Gasteiger partial charge on any atom is -0.497 e. The van der Waals surface area contributed by atoms with Crippen molar-refractivity contribution in [1.82, 2.24) is 29.7 Å². The van der Waals surface area contributed by atoms with Crippen molar-refractivity contribution in [3.8, 4) is 22.6 Å². The molecule has 1 atom stereocenters. The molecule has 1 aliphatic rings. The Morgan fingerprint density at radius 3 is 2.58 bits per heavy atom. The lowest BCUT2D eigenvalue weighted by Crippen LogP contribution is -2.48. The van der Waals surface area contributed by atoms with E-state index < -0.39 is 5.60 Å². The molecule has 0 unspecified atom stereocenters. The number of nitrogens with zero attached hydrogens (tertiary/aromatic N) is 5. The molecule has 2 N–H and O–H groups in total. The van der Waals surface area contributed by atoms with Crippen LogP contribution in [0.15, 0.2) is 67.3 Å². The number of benzene rings is 1. The number of aromatic nitrogens is 4. The predicted molar refractivity (Wildman–Crippen MR) is 167 cm³/mol. The molecule has 43 heavy (non-hydrogen) atoms. The van der Waals surface area contributed by atoms with Crippen molar-refractivity contribution in [2.45, 2.75) is 65.3 Å². The minimum atomic E-state index is -0.523. The number of amides is 1. The first-order valence-electron chi connectivity index (χ1n) is 14.7. The summed E-state index contributed by atoms with van der Waals surface area (Å²) < 4.78 is 12.8. The number of aryl methyl sites for hydroxylation is 1. The largest absolute Gasteiger partial charge is 0.497 e. The van der Waals surface area contributed by atoms with Crippen molar-refractivity contribution >= 4 is 11.9 Å². The van der Waals surface area contributed by atoms with Gasteiger partial charge in [-0.1, -0.05) is 12.1 Å². The summed E-state index contributed by atoms with van der Waals surface area (Å²) in [5.41, 5.74) is 5.43. The van der Waals surface area contributed by atoms with Crippen LogP contribution in [0.4, 0.5) is 10.6 Å². The molecule has 3 aromatic heterocycles. The Kier molecular flexibility index (Phi) is 9.25. The number of nitrogens with one attached hydrogen (secondary N) is 2. The Hall–Kier alpha value is -4.44. The highest BCUT2D eigenvalue weighted by molar-refractivity contribution is 5.68. The van der Waals surface area contributed by atoms with E-state index in [1.165, 1.54) is 0 Å². The molecule has 10 nitrogen and oxygen atoms in total. The van der Waals surface area contributed by atoms with Gasteiger partial charge in [0.05, 0.1) is 42.8 Å². The third-order valence-electron chi connectivity index (χ3n) is 7.18. The molecule has 226 valence electrons. The number of methoxy groups -OCH3 is 1. The van der Waals surface area contributed by atoms with Crippen LogP contribution in [-0.4, -0.2) is 62.4 Å². The summed E-state index contributed by atoms with van der Waals surface area (Å²) >= 11 is 0. The van der Waals surface area contributed by atoms with Gasteiger partial charge in [-0.15, -0.1) is 0 Å². The summed E-state index contributed by atoms with van der Waals surface area (Å²) in [6.45, 7) is 10.5. The van der Waals surface area contributed by atoms with Crippen LogP contribution in [0.25, 0.3) is 16.8 Å². The Morgan fingerprint density at radius 1 is 1.05 bits per heavy atom. The lowest BCUT2D eigenvalue weighted by Gasteiger charge is -2.33. The van der Waals surface area contributed by atoms with Crippen LogP contribution in [0, 0.1) is 6.92 Å². The van der Waals surface area contributed by atoms with Crippen LogP contribution in [0.3, 0.4) is 0 Å². The topological polar surface area (TPSA) is 106 Å². The van der Waals surface area contributed by atoms with Crippen LogP contribution < -0.4 is 15.4 Å². The molecule has 4 heterocycles. The first-order chi connectivity index (χ1) is 20.6. The summed E-state index contributed by atoms with van der Waals surface area (Å²) in [6.07, 6.45) is 7.20. The van der Waals surface area contributed by atoms with Crippen LogP contribution in [0.2, 0.25) is 0 Å². The number of rotatable bonds is 9. The zero-order chi connectivity index (χ0) is 30.4. The van der Waals surface area contributed by atoms with E-state index in [0.29, 0.717) is 13.1 Å². The van der Waals surface area contributed by atoms with E-state index >= 15 is 0 Å². The molecule has 1 aliphatic heterocycles. The molecule has 0 bridgehead atoms. The highest BCUT2D eigenvalue weighted by Gasteiger charge is 2.24. The van der Waals surface area contributed by atoms with Crippen molar-refractivity contribution in [2.75, 3.05) is 25.5 Å². The van der Waals surface area contributed by atoms with Crippen LogP contribution in [0.1, 0.15) is 50.7 Å². The molecule has 0 spiro atoms. The van der Waals surface area contributed by atoms with Gasteiger partial charge in [0.2, 0.25) is 0 Å². The van der Waals surface area contributed by atoms with Gasteiger partial charge in [-0.3, -0.25) is 9.88 Å². The molecule has 0 saturated carbocycles. The van der Waals surface area contributed by atoms with Crippen molar-refractivity contribution in [3.63, 3.8) is 0 Å². The average Bonchev–Trinajstić information content (AvgIpc) is 3.42. The van der Waals surface area contributed by atoms with E-state index in [0.717, 1.165) is 71.4 Å². The quantitative estimate of drug-likeness (QED) is 0.257. The van der Waals surface area contributed by atoms with Crippen molar-refractivity contribution in [3.05, 3.63) is 84.3 Å². The normalized spacial score (nSPS) is 15.6. The monoisotopic (exact) mass is 583 g/mol. The van der Waals surface area contributed by atoms with Gasteiger partial charge in [0, 0.05) is 37.6 Å². The second-order valence-corrected chi connectivity index (χ2v) is 12.0. The summed E-state index contributed by atoms with van der Waals surface area (Å²) in [5.74, 6) is 1.59. The van der Waals surface area contributed by atoms with E-state index in [-0.39, 0.29) is 12.1 Å². The first-order valence-corrected chi connectivity index (χ1v) is 14.7. The van der Waals surface area contributed by atoms with Gasteiger partial charge in [0.15, 0.2) is 0 Å². The van der Waals surface area contributed by atoms with Gasteiger partial charge in [-0.25, -0.2) is 14.8 Å². The van der Waals surface area contributed by atoms with E-state index in [1.807, 2.05) is 87.4 Å². The minimum absolute atomic E-state index is 0.0322. The van der Waals surface area contributed by atoms with E-state index in [4.69, 9.17) is 14.5 Å². The maximum atomic E-state index is 12.4. The fourth-order valence-electron chi connectivity index (χ4n) is 5.19. The van der Waals surface area contributed by atoms with Crippen molar-refractivity contribution in [2.24, 2.45) is 0 Å². The molecule has 5 rings (SSSR count). The van der Waals surface area contributed by atoms with Crippen LogP contribution in [0.5, 0.6) is 5.75 Å². The Morgan fingerprint density at radius 2 is 1.86 bits per heavy atom. The highest BCUT2D eigenvalue weighted by Crippen LogP contribution is 2.24. The maximum absolute atomic E-state index is 12.4. The summed E-state index contributed by atoms with van der Waals surface area (Å²) in [7, 11) is 1.67. The van der Waals surface area contributed by atoms with Gasteiger partial charge >= 0.3 is 6.09 Å². The lowest BCUT2D eigenvalue weighted by atomic mass is 10.1. The van der Waals surface area contributed by atoms with E-state index in [2.05, 4.69) is 37.6 Å². The van der Waals surface area contributed by atoms with E-state index in [9.17, 15) is 4.79 Å². The molecule has 0 aliphatic carbocycles. The smallest absolute Gasteiger partial charge is 0.407 e. The molecule has 1 saturated heterocycles. The number of imidazole rings is 1. The van der Waals surface area contributed by atoms with Gasteiger partial charge in [0.1, 0.15) is 17.2 Å². The summed E-state index contributed by atoms with van der Waals surface area (Å²) in [5, 5.41) is 6.53. The average molecular weight is 584 g/mol. The van der Waals surface area contributed by atoms with Gasteiger partial charge in [-0.2, -0.15) is 0 Å². The zero-order valence-corrected chi connectivity index (χ0v) is 25.6. The Labute approximate surface area is 253 Å². The zero-order valence-electron chi connectivity index (χ0n) is 25.6. The Balaban J connectivity index is 1.30. The molecule has 1 fully saturated rings.